The summed E-state index contributed by atoms with van der Waals surface area (Å²) >= 11 is 0. The van der Waals surface area contributed by atoms with Gasteiger partial charge >= 0.3 is 0 Å². The molecule has 0 aliphatic carbocycles. The molecule has 0 aromatic heterocycles. The number of benzene rings is 1. The molecule has 0 radical (unpaired) electrons. The van der Waals surface area contributed by atoms with Gasteiger partial charge in [-0.25, -0.2) is 0 Å². The number of aliphatic hydroxyl groups is 1. The summed E-state index contributed by atoms with van der Waals surface area (Å²) in [6, 6.07) is 5.27. The molecule has 4 heteroatoms. The minimum atomic E-state index is -0.489. The van der Waals surface area contributed by atoms with Gasteiger partial charge in [0, 0.05) is 12.2 Å². The summed E-state index contributed by atoms with van der Waals surface area (Å²) in [7, 11) is 0. The number of ether oxygens (including phenoxy) is 1. The third-order valence-electron chi connectivity index (χ3n) is 3.37. The van der Waals surface area contributed by atoms with Crippen molar-refractivity contribution in [1.82, 2.24) is 0 Å². The second-order valence-corrected chi connectivity index (χ2v) is 4.65. The van der Waals surface area contributed by atoms with Gasteiger partial charge in [-0.05, 0) is 30.0 Å². The molecule has 19 heavy (non-hydrogen) atoms. The Hall–Kier alpha value is -1.55. The predicted octanol–water partition coefficient (Wildman–Crippen LogP) is 2.14. The van der Waals surface area contributed by atoms with Gasteiger partial charge in [0.15, 0.2) is 0 Å². The minimum Gasteiger partial charge on any atom is -0.493 e. The molecule has 0 saturated heterocycles. The maximum absolute atomic E-state index is 11.4. The highest BCUT2D eigenvalue weighted by molar-refractivity contribution is 5.94. The summed E-state index contributed by atoms with van der Waals surface area (Å²) in [5.74, 6) is 0.688. The van der Waals surface area contributed by atoms with Crippen molar-refractivity contribution >= 4 is 5.91 Å². The summed E-state index contributed by atoms with van der Waals surface area (Å²) in [5.41, 5.74) is 6.53. The number of carbonyl (C=O) groups is 1. The van der Waals surface area contributed by atoms with E-state index >= 15 is 0 Å². The first-order valence-electron chi connectivity index (χ1n) is 6.78. The maximum Gasteiger partial charge on any atom is 0.249 e. The summed E-state index contributed by atoms with van der Waals surface area (Å²) < 4.78 is 5.70. The second kappa shape index (κ2) is 7.79. The van der Waals surface area contributed by atoms with E-state index in [0.29, 0.717) is 30.3 Å². The van der Waals surface area contributed by atoms with Crippen LogP contribution in [0.15, 0.2) is 18.2 Å². The van der Waals surface area contributed by atoms with Gasteiger partial charge in [0.25, 0.3) is 0 Å². The Bertz CT molecular complexity index is 414. The quantitative estimate of drug-likeness (QED) is 0.756. The van der Waals surface area contributed by atoms with Crippen LogP contribution in [0.1, 0.15) is 42.6 Å². The molecule has 1 amide bonds. The largest absolute Gasteiger partial charge is 0.493 e. The number of hydrogen-bond acceptors (Lipinski definition) is 3. The fraction of sp³-hybridized carbons (Fsp3) is 0.533. The molecule has 1 aromatic rings. The van der Waals surface area contributed by atoms with Crippen LogP contribution in [-0.4, -0.2) is 24.2 Å². The first kappa shape index (κ1) is 15.5. The van der Waals surface area contributed by atoms with Gasteiger partial charge in [0.1, 0.15) is 5.75 Å². The number of nitrogens with two attached hydrogens (primary N) is 1. The summed E-state index contributed by atoms with van der Waals surface area (Å²) in [6.45, 7) is 4.91. The molecule has 1 aromatic carbocycles. The van der Waals surface area contributed by atoms with E-state index < -0.39 is 5.91 Å². The molecule has 0 unspecified atom stereocenters. The Morgan fingerprint density at radius 2 is 2.05 bits per heavy atom. The molecular weight excluding hydrogens is 242 g/mol. The van der Waals surface area contributed by atoms with E-state index in [1.165, 1.54) is 0 Å². The van der Waals surface area contributed by atoms with E-state index in [0.717, 1.165) is 18.4 Å². The summed E-state index contributed by atoms with van der Waals surface area (Å²) in [4.78, 5) is 11.4. The van der Waals surface area contributed by atoms with Crippen LogP contribution in [0.4, 0.5) is 0 Å². The van der Waals surface area contributed by atoms with Crippen molar-refractivity contribution in [3.8, 4) is 5.75 Å². The number of carbonyl (C=O) groups excluding carboxylic acids is 1. The van der Waals surface area contributed by atoms with Gasteiger partial charge in [-0.3, -0.25) is 4.79 Å². The van der Waals surface area contributed by atoms with Crippen molar-refractivity contribution < 1.29 is 14.6 Å². The van der Waals surface area contributed by atoms with Crippen LogP contribution in [0.25, 0.3) is 0 Å². The predicted molar refractivity (Wildman–Crippen MR) is 75.3 cm³/mol. The van der Waals surface area contributed by atoms with E-state index in [1.54, 1.807) is 12.1 Å². The topological polar surface area (TPSA) is 72.6 Å². The average molecular weight is 265 g/mol. The monoisotopic (exact) mass is 265 g/mol. The van der Waals surface area contributed by atoms with Crippen molar-refractivity contribution in [2.24, 2.45) is 11.7 Å². The third-order valence-corrected chi connectivity index (χ3v) is 3.37. The standard InChI is InChI=1S/C15H23NO3/c1-3-11(4-2)10-19-13-6-5-12(7-8-17)14(9-13)15(16)18/h5-6,9,11,17H,3-4,7-8,10H2,1-2H3,(H2,16,18). The molecule has 0 aliphatic heterocycles. The zero-order valence-corrected chi connectivity index (χ0v) is 11.7. The van der Waals surface area contributed by atoms with E-state index in [1.807, 2.05) is 6.07 Å². The lowest BCUT2D eigenvalue weighted by Gasteiger charge is -2.15. The molecule has 3 N–H and O–H groups in total. The molecule has 0 atom stereocenters. The van der Waals surface area contributed by atoms with Gasteiger partial charge in [0.05, 0.1) is 6.61 Å². The maximum atomic E-state index is 11.4. The minimum absolute atomic E-state index is 0.00573. The van der Waals surface area contributed by atoms with E-state index in [4.69, 9.17) is 15.6 Å². The molecular formula is C15H23NO3. The van der Waals surface area contributed by atoms with Gasteiger partial charge in [-0.1, -0.05) is 32.8 Å². The lowest BCUT2D eigenvalue weighted by molar-refractivity contribution is 0.0998. The molecule has 4 nitrogen and oxygen atoms in total. The number of aliphatic hydroxyl groups excluding tert-OH is 1. The lowest BCUT2D eigenvalue weighted by Crippen LogP contribution is -2.15. The molecule has 0 heterocycles. The molecule has 0 spiro atoms. The normalized spacial score (nSPS) is 10.7. The fourth-order valence-electron chi connectivity index (χ4n) is 1.95. The van der Waals surface area contributed by atoms with Gasteiger partial charge < -0.3 is 15.6 Å². The number of amides is 1. The van der Waals surface area contributed by atoms with Crippen molar-refractivity contribution in [3.63, 3.8) is 0 Å². The Labute approximate surface area is 114 Å². The summed E-state index contributed by atoms with van der Waals surface area (Å²) in [5, 5.41) is 8.95. The summed E-state index contributed by atoms with van der Waals surface area (Å²) in [6.07, 6.45) is 2.56. The van der Waals surface area contributed by atoms with Crippen LogP contribution in [0.5, 0.6) is 5.75 Å². The number of primary amides is 1. The van der Waals surface area contributed by atoms with Crippen LogP contribution in [0, 0.1) is 5.92 Å². The lowest BCUT2D eigenvalue weighted by atomic mass is 10.0. The van der Waals surface area contributed by atoms with E-state index in [9.17, 15) is 4.79 Å². The van der Waals surface area contributed by atoms with E-state index in [-0.39, 0.29) is 6.61 Å². The fourth-order valence-corrected chi connectivity index (χ4v) is 1.95. The molecule has 0 aliphatic rings. The molecule has 0 bridgehead atoms. The average Bonchev–Trinajstić information content (AvgIpc) is 2.41. The Balaban J connectivity index is 2.80. The molecule has 0 saturated carbocycles. The van der Waals surface area contributed by atoms with Crippen LogP contribution in [0.3, 0.4) is 0 Å². The molecule has 0 fully saturated rings. The van der Waals surface area contributed by atoms with Crippen molar-refractivity contribution in [1.29, 1.82) is 0 Å². The molecule has 106 valence electrons. The highest BCUT2D eigenvalue weighted by Crippen LogP contribution is 2.20. The van der Waals surface area contributed by atoms with Gasteiger partial charge in [0.2, 0.25) is 5.91 Å². The van der Waals surface area contributed by atoms with Crippen LogP contribution < -0.4 is 10.5 Å². The van der Waals surface area contributed by atoms with Crippen molar-refractivity contribution in [3.05, 3.63) is 29.3 Å². The van der Waals surface area contributed by atoms with E-state index in [2.05, 4.69) is 13.8 Å². The molecule has 1 rings (SSSR count). The number of hydrogen-bond donors (Lipinski definition) is 2. The number of rotatable bonds is 8. The smallest absolute Gasteiger partial charge is 0.249 e. The van der Waals surface area contributed by atoms with Crippen LogP contribution in [0.2, 0.25) is 0 Å². The highest BCUT2D eigenvalue weighted by Gasteiger charge is 2.11. The van der Waals surface area contributed by atoms with Crippen molar-refractivity contribution in [2.45, 2.75) is 33.1 Å². The van der Waals surface area contributed by atoms with Crippen molar-refractivity contribution in [2.75, 3.05) is 13.2 Å². The zero-order valence-electron chi connectivity index (χ0n) is 11.7. The van der Waals surface area contributed by atoms with Gasteiger partial charge in [-0.2, -0.15) is 0 Å². The van der Waals surface area contributed by atoms with Crippen LogP contribution >= 0.6 is 0 Å². The highest BCUT2D eigenvalue weighted by atomic mass is 16.5. The SMILES string of the molecule is CCC(CC)COc1ccc(CCO)c(C(N)=O)c1. The van der Waals surface area contributed by atoms with Crippen LogP contribution in [-0.2, 0) is 6.42 Å². The first-order chi connectivity index (χ1) is 9.12. The third kappa shape index (κ3) is 4.56. The first-order valence-corrected chi connectivity index (χ1v) is 6.78. The Morgan fingerprint density at radius 1 is 1.37 bits per heavy atom. The van der Waals surface area contributed by atoms with Gasteiger partial charge in [-0.15, -0.1) is 0 Å². The Kier molecular flexibility index (Phi) is 6.36. The Morgan fingerprint density at radius 3 is 2.58 bits per heavy atom. The second-order valence-electron chi connectivity index (χ2n) is 4.65. The zero-order chi connectivity index (χ0) is 14.3.